The van der Waals surface area contributed by atoms with Crippen molar-refractivity contribution in [3.8, 4) is 0 Å². The minimum atomic E-state index is 0.116. The monoisotopic (exact) mass is 238 g/mol. The highest BCUT2D eigenvalue weighted by Crippen LogP contribution is 2.25. The van der Waals surface area contributed by atoms with Crippen molar-refractivity contribution < 1.29 is 4.79 Å². The number of amides is 1. The molecular weight excluding hydrogens is 220 g/mol. The predicted molar refractivity (Wildman–Crippen MR) is 67.6 cm³/mol. The van der Waals surface area contributed by atoms with E-state index in [9.17, 15) is 4.79 Å². The van der Waals surface area contributed by atoms with Crippen molar-refractivity contribution in [1.29, 1.82) is 0 Å². The normalized spacial score (nSPS) is 21.1. The van der Waals surface area contributed by atoms with Gasteiger partial charge in [0.1, 0.15) is 4.88 Å². The van der Waals surface area contributed by atoms with Gasteiger partial charge in [-0.05, 0) is 30.2 Å². The van der Waals surface area contributed by atoms with E-state index in [1.165, 1.54) is 17.8 Å². The number of hydrogen-bond acceptors (Lipinski definition) is 3. The summed E-state index contributed by atoms with van der Waals surface area (Å²) in [4.78, 5) is 14.9. The van der Waals surface area contributed by atoms with Crippen LogP contribution in [-0.4, -0.2) is 23.9 Å². The molecule has 0 aromatic carbocycles. The molecule has 2 rings (SSSR count). The average molecular weight is 238 g/mol. The fourth-order valence-corrected chi connectivity index (χ4v) is 3.00. The van der Waals surface area contributed by atoms with E-state index in [1.54, 1.807) is 6.07 Å². The highest BCUT2D eigenvalue weighted by molar-refractivity contribution is 7.12. The minimum Gasteiger partial charge on any atom is -0.397 e. The van der Waals surface area contributed by atoms with Gasteiger partial charge in [-0.3, -0.25) is 4.79 Å². The molecule has 1 unspecified atom stereocenters. The van der Waals surface area contributed by atoms with Crippen LogP contribution in [-0.2, 0) is 0 Å². The number of rotatable bonds is 2. The van der Waals surface area contributed by atoms with Crippen LogP contribution >= 0.6 is 11.3 Å². The number of anilines is 1. The summed E-state index contributed by atoms with van der Waals surface area (Å²) in [7, 11) is 0. The lowest BCUT2D eigenvalue weighted by atomic mass is 9.95. The molecule has 0 saturated carbocycles. The number of carbonyl (C=O) groups is 1. The van der Waals surface area contributed by atoms with E-state index in [4.69, 9.17) is 5.73 Å². The number of hydrogen-bond donors (Lipinski definition) is 1. The van der Waals surface area contributed by atoms with Crippen molar-refractivity contribution in [2.75, 3.05) is 18.8 Å². The molecule has 1 amide bonds. The zero-order valence-electron chi connectivity index (χ0n) is 9.61. The van der Waals surface area contributed by atoms with Crippen LogP contribution in [0.2, 0.25) is 0 Å². The first-order chi connectivity index (χ1) is 7.72. The van der Waals surface area contributed by atoms with E-state index in [0.717, 1.165) is 25.9 Å². The summed E-state index contributed by atoms with van der Waals surface area (Å²) in [6, 6.07) is 1.80. The Morgan fingerprint density at radius 1 is 1.69 bits per heavy atom. The van der Waals surface area contributed by atoms with Crippen molar-refractivity contribution in [3.63, 3.8) is 0 Å². The first kappa shape index (κ1) is 11.5. The quantitative estimate of drug-likeness (QED) is 0.860. The summed E-state index contributed by atoms with van der Waals surface area (Å²) in [5.41, 5.74) is 6.40. The Hall–Kier alpha value is -1.03. The molecule has 16 heavy (non-hydrogen) atoms. The average Bonchev–Trinajstić information content (AvgIpc) is 2.74. The molecule has 1 aromatic heterocycles. The fraction of sp³-hybridized carbons (Fsp3) is 0.583. The third kappa shape index (κ3) is 2.21. The van der Waals surface area contributed by atoms with Gasteiger partial charge in [0.2, 0.25) is 0 Å². The smallest absolute Gasteiger partial charge is 0.266 e. The molecule has 0 spiro atoms. The second-order valence-electron chi connectivity index (χ2n) is 4.37. The van der Waals surface area contributed by atoms with E-state index in [2.05, 4.69) is 6.92 Å². The van der Waals surface area contributed by atoms with Gasteiger partial charge in [-0.15, -0.1) is 11.3 Å². The molecule has 1 aromatic rings. The van der Waals surface area contributed by atoms with Gasteiger partial charge in [-0.1, -0.05) is 13.3 Å². The molecule has 88 valence electrons. The summed E-state index contributed by atoms with van der Waals surface area (Å²) >= 11 is 1.44. The molecule has 0 aliphatic carbocycles. The Morgan fingerprint density at radius 2 is 2.50 bits per heavy atom. The van der Waals surface area contributed by atoms with Crippen LogP contribution in [0.25, 0.3) is 0 Å². The summed E-state index contributed by atoms with van der Waals surface area (Å²) in [6.07, 6.45) is 3.53. The molecule has 0 radical (unpaired) electrons. The lowest BCUT2D eigenvalue weighted by molar-refractivity contribution is 0.0677. The number of nitrogens with zero attached hydrogens (tertiary/aromatic N) is 1. The Morgan fingerprint density at radius 3 is 3.12 bits per heavy atom. The molecule has 2 heterocycles. The summed E-state index contributed by atoms with van der Waals surface area (Å²) in [5.74, 6) is 0.782. The number of nitrogens with two attached hydrogens (primary N) is 1. The van der Waals surface area contributed by atoms with Crippen molar-refractivity contribution >= 4 is 22.9 Å². The Bertz CT molecular complexity index is 375. The van der Waals surface area contributed by atoms with E-state index in [1.807, 2.05) is 10.3 Å². The predicted octanol–water partition coefficient (Wildman–Crippen LogP) is 2.59. The third-order valence-electron chi connectivity index (χ3n) is 3.27. The van der Waals surface area contributed by atoms with Crippen LogP contribution in [0.1, 0.15) is 35.9 Å². The van der Waals surface area contributed by atoms with E-state index in [-0.39, 0.29) is 5.91 Å². The molecule has 3 nitrogen and oxygen atoms in total. The molecule has 1 fully saturated rings. The molecule has 4 heteroatoms. The standard InChI is InChI=1S/C12H18N2OS/c1-2-9-4-3-6-14(8-9)12(15)11-10(13)5-7-16-11/h5,7,9H,2-4,6,8,13H2,1H3. The summed E-state index contributed by atoms with van der Waals surface area (Å²) in [6.45, 7) is 3.97. The van der Waals surface area contributed by atoms with Gasteiger partial charge in [0.25, 0.3) is 5.91 Å². The van der Waals surface area contributed by atoms with Gasteiger partial charge in [-0.2, -0.15) is 0 Å². The van der Waals surface area contributed by atoms with Gasteiger partial charge in [0, 0.05) is 13.1 Å². The van der Waals surface area contributed by atoms with Crippen molar-refractivity contribution in [2.45, 2.75) is 26.2 Å². The van der Waals surface area contributed by atoms with Gasteiger partial charge < -0.3 is 10.6 Å². The van der Waals surface area contributed by atoms with Crippen LogP contribution in [0.3, 0.4) is 0 Å². The van der Waals surface area contributed by atoms with Gasteiger partial charge in [0.15, 0.2) is 0 Å². The van der Waals surface area contributed by atoms with E-state index >= 15 is 0 Å². The largest absolute Gasteiger partial charge is 0.397 e. The molecule has 2 N–H and O–H groups in total. The Kier molecular flexibility index (Phi) is 3.49. The number of piperidine rings is 1. The fourth-order valence-electron chi connectivity index (χ4n) is 2.22. The number of thiophene rings is 1. The van der Waals surface area contributed by atoms with Crippen molar-refractivity contribution in [2.24, 2.45) is 5.92 Å². The lowest BCUT2D eigenvalue weighted by Crippen LogP contribution is -2.39. The summed E-state index contributed by atoms with van der Waals surface area (Å²) < 4.78 is 0. The topological polar surface area (TPSA) is 46.3 Å². The zero-order chi connectivity index (χ0) is 11.5. The highest BCUT2D eigenvalue weighted by atomic mass is 32.1. The van der Waals surface area contributed by atoms with Crippen LogP contribution in [0.4, 0.5) is 5.69 Å². The van der Waals surface area contributed by atoms with E-state index in [0.29, 0.717) is 16.5 Å². The molecule has 1 saturated heterocycles. The number of nitrogen functional groups attached to an aromatic ring is 1. The Balaban J connectivity index is 2.07. The summed E-state index contributed by atoms with van der Waals surface area (Å²) in [5, 5.41) is 1.88. The molecule has 1 atom stereocenters. The first-order valence-corrected chi connectivity index (χ1v) is 6.72. The minimum absolute atomic E-state index is 0.116. The SMILES string of the molecule is CCC1CCCN(C(=O)c2sccc2N)C1. The van der Waals surface area contributed by atoms with Crippen LogP contribution < -0.4 is 5.73 Å². The molecule has 0 bridgehead atoms. The Labute approximate surface area is 100 Å². The maximum Gasteiger partial charge on any atom is 0.266 e. The van der Waals surface area contributed by atoms with Gasteiger partial charge in [0.05, 0.1) is 5.69 Å². The number of carbonyl (C=O) groups excluding carboxylic acids is 1. The van der Waals surface area contributed by atoms with Crippen LogP contribution in [0.15, 0.2) is 11.4 Å². The molecular formula is C12H18N2OS. The highest BCUT2D eigenvalue weighted by Gasteiger charge is 2.25. The van der Waals surface area contributed by atoms with Gasteiger partial charge >= 0.3 is 0 Å². The van der Waals surface area contributed by atoms with Crippen molar-refractivity contribution in [3.05, 3.63) is 16.3 Å². The maximum absolute atomic E-state index is 12.2. The van der Waals surface area contributed by atoms with Crippen LogP contribution in [0, 0.1) is 5.92 Å². The second-order valence-corrected chi connectivity index (χ2v) is 5.29. The zero-order valence-corrected chi connectivity index (χ0v) is 10.4. The van der Waals surface area contributed by atoms with Crippen molar-refractivity contribution in [1.82, 2.24) is 4.90 Å². The maximum atomic E-state index is 12.2. The van der Waals surface area contributed by atoms with Crippen LogP contribution in [0.5, 0.6) is 0 Å². The lowest BCUT2D eigenvalue weighted by Gasteiger charge is -2.32. The van der Waals surface area contributed by atoms with Gasteiger partial charge in [-0.25, -0.2) is 0 Å². The second kappa shape index (κ2) is 4.87. The first-order valence-electron chi connectivity index (χ1n) is 5.84. The molecule has 1 aliphatic rings. The molecule has 1 aliphatic heterocycles. The van der Waals surface area contributed by atoms with E-state index < -0.39 is 0 Å². The third-order valence-corrected chi connectivity index (χ3v) is 4.19. The number of likely N-dealkylation sites (tertiary alicyclic amines) is 1.